The van der Waals surface area contributed by atoms with Gasteiger partial charge in [0, 0.05) is 43.1 Å². The Morgan fingerprint density at radius 1 is 1.15 bits per heavy atom. The average molecular weight is 539 g/mol. The highest BCUT2D eigenvalue weighted by Crippen LogP contribution is 2.26. The van der Waals surface area contributed by atoms with Crippen LogP contribution in [0.2, 0.25) is 0 Å². The molecule has 212 valence electrons. The summed E-state index contributed by atoms with van der Waals surface area (Å²) in [6, 6.07) is 11.8. The van der Waals surface area contributed by atoms with Crippen molar-refractivity contribution in [3.8, 4) is 0 Å². The number of allylic oxidation sites excluding steroid dienone is 7. The molecule has 1 aromatic heterocycles. The Bertz CT molecular complexity index is 1320. The van der Waals surface area contributed by atoms with Crippen molar-refractivity contribution >= 4 is 17.2 Å². The second-order valence-corrected chi connectivity index (χ2v) is 10.4. The van der Waals surface area contributed by atoms with E-state index in [2.05, 4.69) is 62.7 Å². The summed E-state index contributed by atoms with van der Waals surface area (Å²) in [6.07, 6.45) is 18.6. The number of hydrogen-bond acceptors (Lipinski definition) is 3. The second kappa shape index (κ2) is 15.7. The highest BCUT2D eigenvalue weighted by atomic mass is 16.2. The molecule has 1 fully saturated rings. The van der Waals surface area contributed by atoms with E-state index in [1.807, 2.05) is 66.1 Å². The van der Waals surface area contributed by atoms with Crippen LogP contribution in [-0.2, 0) is 7.05 Å². The normalized spacial score (nSPS) is 15.5. The molecule has 1 amide bonds. The zero-order valence-electron chi connectivity index (χ0n) is 24.8. The number of carbonyl (C=O) groups excluding carboxylic acids is 1. The SMILES string of the molecule is C=C/C(=C\C=C/C)CC1CCN(C(=O)c2ccc(NC(=C)/N=c3/c(/C(=C/CC)CCC)cccn3C)cc2)CC1. The van der Waals surface area contributed by atoms with Crippen molar-refractivity contribution in [3.63, 3.8) is 0 Å². The number of aryl methyl sites for hydroxylation is 1. The highest BCUT2D eigenvalue weighted by Gasteiger charge is 2.24. The van der Waals surface area contributed by atoms with Crippen LogP contribution >= 0.6 is 0 Å². The van der Waals surface area contributed by atoms with Crippen molar-refractivity contribution in [1.29, 1.82) is 0 Å². The molecule has 3 rings (SSSR count). The Kier molecular flexibility index (Phi) is 12.0. The van der Waals surface area contributed by atoms with Gasteiger partial charge in [-0.2, -0.15) is 0 Å². The number of nitrogens with one attached hydrogen (secondary N) is 1. The highest BCUT2D eigenvalue weighted by molar-refractivity contribution is 5.94. The number of amides is 1. The monoisotopic (exact) mass is 538 g/mol. The van der Waals surface area contributed by atoms with Gasteiger partial charge in [0.1, 0.15) is 11.3 Å². The van der Waals surface area contributed by atoms with Crippen molar-refractivity contribution < 1.29 is 4.79 Å². The van der Waals surface area contributed by atoms with Gasteiger partial charge in [-0.15, -0.1) is 0 Å². The number of likely N-dealkylation sites (tertiary alicyclic amines) is 1. The van der Waals surface area contributed by atoms with E-state index in [4.69, 9.17) is 4.99 Å². The van der Waals surface area contributed by atoms with Gasteiger partial charge in [0.05, 0.1) is 0 Å². The van der Waals surface area contributed by atoms with E-state index in [0.29, 0.717) is 17.3 Å². The van der Waals surface area contributed by atoms with Gasteiger partial charge in [0.25, 0.3) is 5.91 Å². The van der Waals surface area contributed by atoms with E-state index >= 15 is 0 Å². The molecule has 1 aromatic carbocycles. The quantitative estimate of drug-likeness (QED) is 0.278. The molecule has 5 heteroatoms. The number of benzene rings is 1. The van der Waals surface area contributed by atoms with Crippen LogP contribution in [0.4, 0.5) is 5.69 Å². The number of rotatable bonds is 12. The molecular formula is C35H46N4O. The number of pyridine rings is 1. The summed E-state index contributed by atoms with van der Waals surface area (Å²) in [5, 5.41) is 3.30. The van der Waals surface area contributed by atoms with E-state index in [9.17, 15) is 4.79 Å². The Morgan fingerprint density at radius 3 is 2.50 bits per heavy atom. The lowest BCUT2D eigenvalue weighted by molar-refractivity contribution is 0.0691. The number of anilines is 1. The first kappa shape index (κ1) is 30.7. The third-order valence-corrected chi connectivity index (χ3v) is 7.32. The van der Waals surface area contributed by atoms with Gasteiger partial charge in [0.2, 0.25) is 0 Å². The van der Waals surface area contributed by atoms with Crippen molar-refractivity contribution in [2.75, 3.05) is 18.4 Å². The fourth-order valence-electron chi connectivity index (χ4n) is 5.17. The minimum Gasteiger partial charge on any atom is -0.341 e. The van der Waals surface area contributed by atoms with Gasteiger partial charge in [-0.1, -0.05) is 63.8 Å². The number of aromatic nitrogens is 1. The van der Waals surface area contributed by atoms with Crippen molar-refractivity contribution in [2.24, 2.45) is 18.0 Å². The largest absolute Gasteiger partial charge is 0.341 e. The lowest BCUT2D eigenvalue weighted by Crippen LogP contribution is -2.38. The average Bonchev–Trinajstić information content (AvgIpc) is 2.96. The van der Waals surface area contributed by atoms with Gasteiger partial charge in [0.15, 0.2) is 0 Å². The Labute approximate surface area is 241 Å². The molecule has 1 aliphatic heterocycles. The lowest BCUT2D eigenvalue weighted by Gasteiger charge is -2.32. The number of piperidine rings is 1. The Hall–Kier alpha value is -3.86. The molecule has 1 aliphatic rings. The molecule has 0 atom stereocenters. The third-order valence-electron chi connectivity index (χ3n) is 7.32. The van der Waals surface area contributed by atoms with Crippen LogP contribution in [0.25, 0.3) is 5.57 Å². The van der Waals surface area contributed by atoms with Crippen molar-refractivity contribution in [1.82, 2.24) is 9.47 Å². The standard InChI is InChI=1S/C35H46N4O/c1-7-11-15-28(10-4)26-29-21-24-39(25-22-29)35(40)31-17-19-32(20-18-31)36-27(5)37-34-33(16-12-23-38(34)6)30(13-8-2)14-9-3/h7,10-13,15-20,23,29,36H,4-5,8-9,14,21-22,24-26H2,1-3,6H3/b11-7-,28-15+,30-13+,37-34-. The summed E-state index contributed by atoms with van der Waals surface area (Å²) >= 11 is 0. The molecular weight excluding hydrogens is 492 g/mol. The predicted molar refractivity (Wildman–Crippen MR) is 170 cm³/mol. The Morgan fingerprint density at radius 2 is 1.88 bits per heavy atom. The van der Waals surface area contributed by atoms with E-state index in [0.717, 1.165) is 68.4 Å². The maximum absolute atomic E-state index is 13.2. The molecule has 0 unspecified atom stereocenters. The number of nitrogens with zero attached hydrogens (tertiary/aromatic N) is 3. The van der Waals surface area contributed by atoms with Crippen LogP contribution in [0.1, 0.15) is 75.2 Å². The first-order valence-electron chi connectivity index (χ1n) is 14.6. The van der Waals surface area contributed by atoms with Crippen LogP contribution in [0.3, 0.4) is 0 Å². The van der Waals surface area contributed by atoms with Gasteiger partial charge >= 0.3 is 0 Å². The van der Waals surface area contributed by atoms with E-state index in [1.165, 1.54) is 11.1 Å². The lowest BCUT2D eigenvalue weighted by atomic mass is 9.89. The van der Waals surface area contributed by atoms with Gasteiger partial charge in [-0.3, -0.25) is 4.79 Å². The van der Waals surface area contributed by atoms with Crippen LogP contribution in [-0.4, -0.2) is 28.5 Å². The van der Waals surface area contributed by atoms with Crippen molar-refractivity contribution in [2.45, 2.75) is 59.3 Å². The molecule has 40 heavy (non-hydrogen) atoms. The van der Waals surface area contributed by atoms with E-state index in [1.54, 1.807) is 0 Å². The van der Waals surface area contributed by atoms with Crippen LogP contribution < -0.4 is 10.8 Å². The fraction of sp³-hybridized carbons (Fsp3) is 0.371. The van der Waals surface area contributed by atoms with E-state index < -0.39 is 0 Å². The predicted octanol–water partition coefficient (Wildman–Crippen LogP) is 8.03. The van der Waals surface area contributed by atoms with Gasteiger partial charge < -0.3 is 14.8 Å². The summed E-state index contributed by atoms with van der Waals surface area (Å²) in [6.45, 7) is 16.1. The summed E-state index contributed by atoms with van der Waals surface area (Å²) in [5.74, 6) is 1.23. The van der Waals surface area contributed by atoms with Crippen molar-refractivity contribution in [3.05, 3.63) is 114 Å². The molecule has 1 saturated heterocycles. The molecule has 0 aliphatic carbocycles. The van der Waals surface area contributed by atoms with Crippen LogP contribution in [0.15, 0.2) is 103 Å². The summed E-state index contributed by atoms with van der Waals surface area (Å²) in [7, 11) is 2.01. The molecule has 5 nitrogen and oxygen atoms in total. The minimum atomic E-state index is 0.0917. The summed E-state index contributed by atoms with van der Waals surface area (Å²) in [4.78, 5) is 20.0. The molecule has 2 heterocycles. The van der Waals surface area contributed by atoms with Crippen LogP contribution in [0, 0.1) is 5.92 Å². The van der Waals surface area contributed by atoms with Gasteiger partial charge in [-0.05, 0) is 92.5 Å². The Balaban J connectivity index is 1.64. The van der Waals surface area contributed by atoms with Crippen LogP contribution in [0.5, 0.6) is 0 Å². The smallest absolute Gasteiger partial charge is 0.253 e. The maximum Gasteiger partial charge on any atom is 0.253 e. The van der Waals surface area contributed by atoms with E-state index in [-0.39, 0.29) is 5.91 Å². The zero-order valence-corrected chi connectivity index (χ0v) is 24.8. The zero-order chi connectivity index (χ0) is 28.9. The fourth-order valence-corrected chi connectivity index (χ4v) is 5.17. The minimum absolute atomic E-state index is 0.0917. The molecule has 2 aromatic rings. The first-order valence-corrected chi connectivity index (χ1v) is 14.6. The second-order valence-electron chi connectivity index (χ2n) is 10.4. The molecule has 0 saturated carbocycles. The summed E-state index contributed by atoms with van der Waals surface area (Å²) in [5.41, 5.74) is 6.14. The number of carbonyl (C=O) groups is 1. The number of hydrogen-bond donors (Lipinski definition) is 1. The van der Waals surface area contributed by atoms with Gasteiger partial charge in [-0.25, -0.2) is 4.99 Å². The molecule has 0 spiro atoms. The topological polar surface area (TPSA) is 49.6 Å². The summed E-state index contributed by atoms with van der Waals surface area (Å²) < 4.78 is 2.03. The molecule has 1 N–H and O–H groups in total. The maximum atomic E-state index is 13.2. The molecule has 0 radical (unpaired) electrons. The third kappa shape index (κ3) is 8.57. The molecule has 0 bridgehead atoms. The first-order chi connectivity index (χ1) is 19.4.